The van der Waals surface area contributed by atoms with E-state index in [1.54, 1.807) is 17.5 Å². The summed E-state index contributed by atoms with van der Waals surface area (Å²) >= 11 is 1.70. The summed E-state index contributed by atoms with van der Waals surface area (Å²) in [6, 6.07) is 8.22. The summed E-state index contributed by atoms with van der Waals surface area (Å²) < 4.78 is 0. The van der Waals surface area contributed by atoms with Gasteiger partial charge in [0.1, 0.15) is 11.8 Å². The largest absolute Gasteiger partial charge is 0.306 e. The van der Waals surface area contributed by atoms with Crippen LogP contribution in [0.2, 0.25) is 0 Å². The topological polar surface area (TPSA) is 48.7 Å². The van der Waals surface area contributed by atoms with Crippen molar-refractivity contribution >= 4 is 11.3 Å². The van der Waals surface area contributed by atoms with Gasteiger partial charge < -0.3 is 5.32 Å². The maximum absolute atomic E-state index is 8.76. The van der Waals surface area contributed by atoms with Gasteiger partial charge in [-0.3, -0.25) is 0 Å². The predicted octanol–water partition coefficient (Wildman–Crippen LogP) is 2.87. The Kier molecular flexibility index (Phi) is 3.86. The first-order valence-electron chi connectivity index (χ1n) is 5.40. The van der Waals surface area contributed by atoms with Crippen molar-refractivity contribution in [2.45, 2.75) is 19.5 Å². The summed E-state index contributed by atoms with van der Waals surface area (Å²) in [5, 5.41) is 16.4. The Morgan fingerprint density at radius 1 is 1.53 bits per heavy atom. The third-order valence-electron chi connectivity index (χ3n) is 2.59. The Labute approximate surface area is 105 Å². The first-order valence-corrected chi connectivity index (χ1v) is 6.34. The standard InChI is InChI=1S/C13H13N3S/c1-10(12-3-5-17-9-12)16-8-11-2-4-15-13(6-11)7-14/h2-6,9-10,16H,8H2,1H3. The SMILES string of the molecule is CC(NCc1ccnc(C#N)c1)c1ccsc1. The number of nitrogens with zero attached hydrogens (tertiary/aromatic N) is 2. The van der Waals surface area contributed by atoms with Crippen molar-refractivity contribution in [3.8, 4) is 6.07 Å². The van der Waals surface area contributed by atoms with Crippen LogP contribution >= 0.6 is 11.3 Å². The van der Waals surface area contributed by atoms with E-state index in [0.29, 0.717) is 11.7 Å². The van der Waals surface area contributed by atoms with Crippen LogP contribution in [0.5, 0.6) is 0 Å². The van der Waals surface area contributed by atoms with E-state index in [1.807, 2.05) is 18.2 Å². The van der Waals surface area contributed by atoms with E-state index in [9.17, 15) is 0 Å². The van der Waals surface area contributed by atoms with Crippen molar-refractivity contribution in [2.75, 3.05) is 0 Å². The number of nitriles is 1. The minimum absolute atomic E-state index is 0.319. The van der Waals surface area contributed by atoms with Gasteiger partial charge in [0.2, 0.25) is 0 Å². The molecule has 2 aromatic heterocycles. The molecule has 2 aromatic rings. The molecule has 0 bridgehead atoms. The van der Waals surface area contributed by atoms with Gasteiger partial charge in [0, 0.05) is 18.8 Å². The molecule has 0 aliphatic carbocycles. The summed E-state index contributed by atoms with van der Waals surface area (Å²) in [7, 11) is 0. The summed E-state index contributed by atoms with van der Waals surface area (Å²) in [5.74, 6) is 0. The zero-order chi connectivity index (χ0) is 12.1. The Balaban J connectivity index is 1.96. The third-order valence-corrected chi connectivity index (χ3v) is 3.30. The molecule has 3 nitrogen and oxygen atoms in total. The Bertz CT molecular complexity index is 514. The quantitative estimate of drug-likeness (QED) is 0.898. The lowest BCUT2D eigenvalue weighted by molar-refractivity contribution is 0.576. The number of pyridine rings is 1. The zero-order valence-corrected chi connectivity index (χ0v) is 10.4. The van der Waals surface area contributed by atoms with E-state index >= 15 is 0 Å². The summed E-state index contributed by atoms with van der Waals surface area (Å²) in [6.07, 6.45) is 1.67. The van der Waals surface area contributed by atoms with Gasteiger partial charge in [-0.05, 0) is 47.0 Å². The molecular weight excluding hydrogens is 230 g/mol. The molecule has 0 radical (unpaired) electrons. The molecule has 4 heteroatoms. The van der Waals surface area contributed by atoms with Gasteiger partial charge in [-0.1, -0.05) is 0 Å². The minimum Gasteiger partial charge on any atom is -0.306 e. The fraction of sp³-hybridized carbons (Fsp3) is 0.231. The maximum atomic E-state index is 8.76. The average Bonchev–Trinajstić information content (AvgIpc) is 2.90. The molecule has 0 amide bonds. The van der Waals surface area contributed by atoms with Crippen molar-refractivity contribution in [3.05, 3.63) is 52.0 Å². The number of rotatable bonds is 4. The van der Waals surface area contributed by atoms with Gasteiger partial charge in [0.05, 0.1) is 0 Å². The average molecular weight is 243 g/mol. The number of hydrogen-bond donors (Lipinski definition) is 1. The van der Waals surface area contributed by atoms with Crippen molar-refractivity contribution in [1.82, 2.24) is 10.3 Å². The highest BCUT2D eigenvalue weighted by Gasteiger charge is 2.05. The van der Waals surface area contributed by atoms with E-state index < -0.39 is 0 Å². The van der Waals surface area contributed by atoms with Crippen LogP contribution in [-0.2, 0) is 6.54 Å². The highest BCUT2D eigenvalue weighted by molar-refractivity contribution is 7.07. The van der Waals surface area contributed by atoms with Crippen LogP contribution in [0.4, 0.5) is 0 Å². The second kappa shape index (κ2) is 5.58. The Morgan fingerprint density at radius 3 is 3.12 bits per heavy atom. The van der Waals surface area contributed by atoms with Gasteiger partial charge in [-0.25, -0.2) is 4.98 Å². The number of aromatic nitrogens is 1. The second-order valence-electron chi connectivity index (χ2n) is 3.82. The van der Waals surface area contributed by atoms with Gasteiger partial charge in [-0.2, -0.15) is 16.6 Å². The van der Waals surface area contributed by atoms with Crippen molar-refractivity contribution < 1.29 is 0 Å². The highest BCUT2D eigenvalue weighted by Crippen LogP contribution is 2.16. The van der Waals surface area contributed by atoms with Crippen LogP contribution < -0.4 is 5.32 Å². The lowest BCUT2D eigenvalue weighted by Crippen LogP contribution is -2.17. The van der Waals surface area contributed by atoms with Gasteiger partial charge in [-0.15, -0.1) is 0 Å². The van der Waals surface area contributed by atoms with E-state index in [4.69, 9.17) is 5.26 Å². The molecule has 17 heavy (non-hydrogen) atoms. The maximum Gasteiger partial charge on any atom is 0.140 e. The molecule has 2 heterocycles. The molecule has 1 unspecified atom stereocenters. The molecule has 0 spiro atoms. The first kappa shape index (κ1) is 11.8. The van der Waals surface area contributed by atoms with E-state index in [-0.39, 0.29) is 0 Å². The van der Waals surface area contributed by atoms with Crippen LogP contribution in [0.1, 0.15) is 29.8 Å². The normalized spacial score (nSPS) is 12.0. The van der Waals surface area contributed by atoms with Crippen molar-refractivity contribution in [1.29, 1.82) is 5.26 Å². The van der Waals surface area contributed by atoms with Crippen LogP contribution in [0, 0.1) is 11.3 Å². The number of hydrogen-bond acceptors (Lipinski definition) is 4. The van der Waals surface area contributed by atoms with Gasteiger partial charge in [0.25, 0.3) is 0 Å². The first-order chi connectivity index (χ1) is 8.29. The van der Waals surface area contributed by atoms with Crippen LogP contribution in [0.25, 0.3) is 0 Å². The van der Waals surface area contributed by atoms with Crippen molar-refractivity contribution in [3.63, 3.8) is 0 Å². The Hall–Kier alpha value is -1.70. The second-order valence-corrected chi connectivity index (χ2v) is 4.60. The Morgan fingerprint density at radius 2 is 2.41 bits per heavy atom. The molecule has 0 aliphatic rings. The lowest BCUT2D eigenvalue weighted by Gasteiger charge is -2.12. The zero-order valence-electron chi connectivity index (χ0n) is 9.55. The predicted molar refractivity (Wildman–Crippen MR) is 68.5 cm³/mol. The fourth-order valence-corrected chi connectivity index (χ4v) is 2.31. The minimum atomic E-state index is 0.319. The molecule has 2 rings (SSSR count). The summed E-state index contributed by atoms with van der Waals surface area (Å²) in [6.45, 7) is 2.88. The molecular formula is C13H13N3S. The number of thiophene rings is 1. The van der Waals surface area contributed by atoms with E-state index in [1.165, 1.54) is 5.56 Å². The summed E-state index contributed by atoms with van der Waals surface area (Å²) in [5.41, 5.74) is 2.84. The van der Waals surface area contributed by atoms with Crippen molar-refractivity contribution in [2.24, 2.45) is 0 Å². The van der Waals surface area contributed by atoms with Gasteiger partial charge in [0.15, 0.2) is 0 Å². The fourth-order valence-electron chi connectivity index (χ4n) is 1.56. The molecule has 1 atom stereocenters. The molecule has 86 valence electrons. The van der Waals surface area contributed by atoms with E-state index in [2.05, 4.69) is 34.1 Å². The molecule has 0 aliphatic heterocycles. The summed E-state index contributed by atoms with van der Waals surface area (Å²) in [4.78, 5) is 3.95. The molecule has 0 fully saturated rings. The van der Waals surface area contributed by atoms with E-state index in [0.717, 1.165) is 12.1 Å². The molecule has 0 saturated carbocycles. The smallest absolute Gasteiger partial charge is 0.140 e. The highest BCUT2D eigenvalue weighted by atomic mass is 32.1. The van der Waals surface area contributed by atoms with Crippen LogP contribution in [0.15, 0.2) is 35.2 Å². The number of nitrogens with one attached hydrogen (secondary N) is 1. The molecule has 1 N–H and O–H groups in total. The van der Waals surface area contributed by atoms with Crippen LogP contribution in [0.3, 0.4) is 0 Å². The lowest BCUT2D eigenvalue weighted by atomic mass is 10.1. The monoisotopic (exact) mass is 243 g/mol. The van der Waals surface area contributed by atoms with Gasteiger partial charge >= 0.3 is 0 Å². The van der Waals surface area contributed by atoms with Crippen LogP contribution in [-0.4, -0.2) is 4.98 Å². The third kappa shape index (κ3) is 3.13. The molecule has 0 aromatic carbocycles. The molecule has 0 saturated heterocycles.